The third kappa shape index (κ3) is 1.60. The maximum Gasteiger partial charge on any atom is 0.278 e. The summed E-state index contributed by atoms with van der Waals surface area (Å²) < 4.78 is 0. The fraction of sp³-hybridized carbons (Fsp3) is 0.444. The van der Waals surface area contributed by atoms with Gasteiger partial charge in [-0.1, -0.05) is 6.92 Å². The van der Waals surface area contributed by atoms with E-state index in [1.54, 1.807) is 6.92 Å². The van der Waals surface area contributed by atoms with Crippen LogP contribution in [0.1, 0.15) is 13.3 Å². The van der Waals surface area contributed by atoms with E-state index in [-0.39, 0.29) is 17.5 Å². The number of aromatic nitrogens is 2. The maximum atomic E-state index is 11.7. The maximum absolute atomic E-state index is 11.7. The van der Waals surface area contributed by atoms with E-state index in [0.717, 1.165) is 0 Å². The lowest BCUT2D eigenvalue weighted by atomic mass is 10.2. The average molecular weight is 223 g/mol. The number of carbonyl (C=O) groups excluding carboxylic acids is 1. The van der Waals surface area contributed by atoms with Gasteiger partial charge in [0.1, 0.15) is 0 Å². The Morgan fingerprint density at radius 1 is 1.62 bits per heavy atom. The lowest BCUT2D eigenvalue weighted by molar-refractivity contribution is -0.118. The third-order valence-corrected chi connectivity index (χ3v) is 2.41. The van der Waals surface area contributed by atoms with Crippen molar-refractivity contribution in [1.29, 1.82) is 0 Å². The molecular weight excluding hydrogens is 210 g/mol. The molecule has 0 saturated carbocycles. The summed E-state index contributed by atoms with van der Waals surface area (Å²) in [5.41, 5.74) is 5.29. The summed E-state index contributed by atoms with van der Waals surface area (Å²) >= 11 is 0. The van der Waals surface area contributed by atoms with Crippen LogP contribution in [0.3, 0.4) is 0 Å². The van der Waals surface area contributed by atoms with Crippen LogP contribution >= 0.6 is 0 Å². The Morgan fingerprint density at radius 2 is 2.38 bits per heavy atom. The van der Waals surface area contributed by atoms with Gasteiger partial charge >= 0.3 is 0 Å². The largest absolute Gasteiger partial charge is 0.369 e. The van der Waals surface area contributed by atoms with Crippen molar-refractivity contribution < 1.29 is 4.79 Å². The SMILES string of the molecule is CCC(=O)N1CCNc2nc(N)[nH]c(=O)c21. The van der Waals surface area contributed by atoms with Crippen molar-refractivity contribution in [1.82, 2.24) is 9.97 Å². The second-order valence-electron chi connectivity index (χ2n) is 3.47. The number of carbonyl (C=O) groups is 1. The Morgan fingerprint density at radius 3 is 3.06 bits per heavy atom. The highest BCUT2D eigenvalue weighted by atomic mass is 16.2. The normalized spacial score (nSPS) is 14.2. The minimum absolute atomic E-state index is 0.0436. The van der Waals surface area contributed by atoms with Crippen molar-refractivity contribution in [2.75, 3.05) is 29.0 Å². The van der Waals surface area contributed by atoms with E-state index >= 15 is 0 Å². The van der Waals surface area contributed by atoms with Crippen LogP contribution in [0.15, 0.2) is 4.79 Å². The van der Waals surface area contributed by atoms with E-state index in [9.17, 15) is 9.59 Å². The molecule has 0 unspecified atom stereocenters. The third-order valence-electron chi connectivity index (χ3n) is 2.41. The second kappa shape index (κ2) is 3.84. The molecule has 1 aliphatic rings. The molecule has 2 heterocycles. The molecule has 0 aliphatic carbocycles. The number of H-pyrrole nitrogens is 1. The molecule has 0 saturated heterocycles. The minimum atomic E-state index is -0.392. The van der Waals surface area contributed by atoms with Gasteiger partial charge in [-0.25, -0.2) is 0 Å². The standard InChI is InChI=1S/C9H13N5O2/c1-2-5(15)14-4-3-11-7-6(14)8(16)13-9(10)12-7/h2-4H2,1H3,(H4,10,11,12,13,16). The van der Waals surface area contributed by atoms with Crippen LogP contribution in [0.25, 0.3) is 0 Å². The van der Waals surface area contributed by atoms with Gasteiger partial charge < -0.3 is 16.0 Å². The number of aromatic amines is 1. The first-order valence-corrected chi connectivity index (χ1v) is 5.07. The summed E-state index contributed by atoms with van der Waals surface area (Å²) in [7, 11) is 0. The molecule has 7 heteroatoms. The van der Waals surface area contributed by atoms with Gasteiger partial charge in [0.15, 0.2) is 11.5 Å². The number of rotatable bonds is 1. The molecule has 86 valence electrons. The highest BCUT2D eigenvalue weighted by Gasteiger charge is 2.25. The molecule has 1 aliphatic heterocycles. The number of amides is 1. The van der Waals surface area contributed by atoms with E-state index in [4.69, 9.17) is 5.73 Å². The Kier molecular flexibility index (Phi) is 2.51. The summed E-state index contributed by atoms with van der Waals surface area (Å²) in [6.07, 6.45) is 0.350. The molecular formula is C9H13N5O2. The van der Waals surface area contributed by atoms with Crippen molar-refractivity contribution in [2.45, 2.75) is 13.3 Å². The fourth-order valence-corrected chi connectivity index (χ4v) is 1.70. The Balaban J connectivity index is 2.54. The molecule has 0 fully saturated rings. The molecule has 1 aromatic rings. The van der Waals surface area contributed by atoms with Crippen LogP contribution in [0, 0.1) is 0 Å². The zero-order chi connectivity index (χ0) is 11.7. The molecule has 2 rings (SSSR count). The van der Waals surface area contributed by atoms with Crippen LogP contribution in [-0.2, 0) is 4.79 Å². The number of hydrogen-bond acceptors (Lipinski definition) is 5. The van der Waals surface area contributed by atoms with Crippen LogP contribution < -0.4 is 21.5 Å². The zero-order valence-electron chi connectivity index (χ0n) is 8.91. The number of anilines is 3. The highest BCUT2D eigenvalue weighted by Crippen LogP contribution is 2.23. The number of hydrogen-bond donors (Lipinski definition) is 3. The summed E-state index contributed by atoms with van der Waals surface area (Å²) in [6.45, 7) is 2.78. The fourth-order valence-electron chi connectivity index (χ4n) is 1.70. The van der Waals surface area contributed by atoms with E-state index < -0.39 is 5.56 Å². The smallest absolute Gasteiger partial charge is 0.278 e. The topological polar surface area (TPSA) is 104 Å². The molecule has 0 aromatic carbocycles. The molecule has 7 nitrogen and oxygen atoms in total. The predicted octanol–water partition coefficient (Wildman–Crippen LogP) is -0.479. The molecule has 1 amide bonds. The molecule has 0 bridgehead atoms. The predicted molar refractivity (Wildman–Crippen MR) is 60.4 cm³/mol. The monoisotopic (exact) mass is 223 g/mol. The van der Waals surface area contributed by atoms with Crippen LogP contribution in [-0.4, -0.2) is 29.0 Å². The van der Waals surface area contributed by atoms with Crippen molar-refractivity contribution >= 4 is 23.4 Å². The second-order valence-corrected chi connectivity index (χ2v) is 3.47. The first-order valence-electron chi connectivity index (χ1n) is 5.07. The number of nitrogens with two attached hydrogens (primary N) is 1. The van der Waals surface area contributed by atoms with Gasteiger partial charge in [0.25, 0.3) is 5.56 Å². The van der Waals surface area contributed by atoms with Gasteiger partial charge in [-0.3, -0.25) is 14.6 Å². The van der Waals surface area contributed by atoms with E-state index in [2.05, 4.69) is 15.3 Å². The van der Waals surface area contributed by atoms with Crippen LogP contribution in [0.5, 0.6) is 0 Å². The summed E-state index contributed by atoms with van der Waals surface area (Å²) in [5, 5.41) is 2.95. The number of fused-ring (bicyclic) bond motifs is 1. The van der Waals surface area contributed by atoms with Gasteiger partial charge in [0.05, 0.1) is 0 Å². The average Bonchev–Trinajstić information content (AvgIpc) is 2.26. The minimum Gasteiger partial charge on any atom is -0.369 e. The quantitative estimate of drug-likeness (QED) is 0.596. The van der Waals surface area contributed by atoms with E-state index in [1.165, 1.54) is 4.90 Å². The molecule has 16 heavy (non-hydrogen) atoms. The van der Waals surface area contributed by atoms with E-state index in [0.29, 0.717) is 25.3 Å². The molecule has 0 atom stereocenters. The van der Waals surface area contributed by atoms with Crippen molar-refractivity contribution in [3.63, 3.8) is 0 Å². The lowest BCUT2D eigenvalue weighted by Gasteiger charge is -2.28. The molecule has 0 spiro atoms. The summed E-state index contributed by atoms with van der Waals surface area (Å²) in [6, 6.07) is 0. The van der Waals surface area contributed by atoms with Crippen LogP contribution in [0.2, 0.25) is 0 Å². The van der Waals surface area contributed by atoms with Crippen LogP contribution in [0.4, 0.5) is 17.5 Å². The lowest BCUT2D eigenvalue weighted by Crippen LogP contribution is -2.42. The zero-order valence-corrected chi connectivity index (χ0v) is 8.91. The van der Waals surface area contributed by atoms with Gasteiger partial charge in [-0.15, -0.1) is 0 Å². The van der Waals surface area contributed by atoms with Gasteiger partial charge in [-0.05, 0) is 0 Å². The van der Waals surface area contributed by atoms with Crippen molar-refractivity contribution in [3.05, 3.63) is 10.4 Å². The number of nitrogen functional groups attached to an aromatic ring is 1. The Bertz CT molecular complexity index is 481. The molecule has 0 radical (unpaired) electrons. The van der Waals surface area contributed by atoms with Crippen molar-refractivity contribution in [2.24, 2.45) is 0 Å². The first-order chi connectivity index (χ1) is 7.63. The summed E-state index contributed by atoms with van der Waals surface area (Å²) in [5.74, 6) is 0.316. The highest BCUT2D eigenvalue weighted by molar-refractivity contribution is 5.96. The van der Waals surface area contributed by atoms with Gasteiger partial charge in [0.2, 0.25) is 11.9 Å². The van der Waals surface area contributed by atoms with E-state index in [1.807, 2.05) is 0 Å². The Labute approximate surface area is 91.7 Å². The summed E-state index contributed by atoms with van der Waals surface area (Å²) in [4.78, 5) is 31.1. The first kappa shape index (κ1) is 10.5. The number of nitrogens with zero attached hydrogens (tertiary/aromatic N) is 2. The van der Waals surface area contributed by atoms with Gasteiger partial charge in [0, 0.05) is 19.5 Å². The Hall–Kier alpha value is -2.05. The number of nitrogens with one attached hydrogen (secondary N) is 2. The van der Waals surface area contributed by atoms with Gasteiger partial charge in [-0.2, -0.15) is 4.98 Å². The van der Waals surface area contributed by atoms with Crippen molar-refractivity contribution in [3.8, 4) is 0 Å². The molecule has 1 aromatic heterocycles. The molecule has 4 N–H and O–H groups in total.